The Balaban J connectivity index is 1.96. The molecule has 0 aromatic heterocycles. The van der Waals surface area contributed by atoms with Gasteiger partial charge in [0.1, 0.15) is 5.60 Å². The van der Waals surface area contributed by atoms with Crippen molar-refractivity contribution >= 4 is 32.0 Å². The van der Waals surface area contributed by atoms with E-state index < -0.39 is 21.7 Å². The van der Waals surface area contributed by atoms with Crippen molar-refractivity contribution in [2.24, 2.45) is 0 Å². The number of benzene rings is 1. The summed E-state index contributed by atoms with van der Waals surface area (Å²) in [5.41, 5.74) is 0.173. The zero-order valence-corrected chi connectivity index (χ0v) is 16.6. The number of amides is 1. The summed E-state index contributed by atoms with van der Waals surface area (Å²) in [4.78, 5) is 13.6. The molecule has 0 bridgehead atoms. The zero-order chi connectivity index (χ0) is 18.0. The molecule has 134 valence electrons. The Labute approximate surface area is 151 Å². The molecule has 0 unspecified atom stereocenters. The first-order valence-electron chi connectivity index (χ1n) is 7.78. The van der Waals surface area contributed by atoms with Gasteiger partial charge in [-0.3, -0.25) is 0 Å². The maximum atomic E-state index is 12.6. The van der Waals surface area contributed by atoms with Crippen LogP contribution in [0, 0.1) is 0 Å². The van der Waals surface area contributed by atoms with Crippen LogP contribution in [0.3, 0.4) is 0 Å². The third-order valence-corrected chi connectivity index (χ3v) is 6.18. The van der Waals surface area contributed by atoms with Crippen LogP contribution in [0.1, 0.15) is 26.3 Å². The van der Waals surface area contributed by atoms with Crippen LogP contribution >= 0.6 is 15.9 Å². The number of hydrogen-bond donors (Lipinski definition) is 0. The topological polar surface area (TPSA) is 66.9 Å². The van der Waals surface area contributed by atoms with Gasteiger partial charge in [-0.2, -0.15) is 4.31 Å². The van der Waals surface area contributed by atoms with Crippen molar-refractivity contribution in [2.45, 2.75) is 32.1 Å². The number of halogens is 1. The Morgan fingerprint density at radius 2 is 1.75 bits per heavy atom. The minimum atomic E-state index is -3.42. The molecule has 1 saturated heterocycles. The molecule has 6 nitrogen and oxygen atoms in total. The average Bonchev–Trinajstić information content (AvgIpc) is 2.48. The van der Waals surface area contributed by atoms with E-state index in [4.69, 9.17) is 4.74 Å². The number of carbonyl (C=O) groups excluding carboxylic acids is 1. The van der Waals surface area contributed by atoms with E-state index in [1.165, 1.54) is 4.31 Å². The molecule has 1 heterocycles. The Kier molecular flexibility index (Phi) is 5.93. The number of piperazine rings is 1. The standard InChI is InChI=1S/C16H23BrN2O4S/c1-16(2,3)23-15(20)18-8-10-19(11-9-18)24(21,22)12-13-6-4-5-7-14(13)17/h4-7H,8-12H2,1-3H3. The van der Waals surface area contributed by atoms with Gasteiger partial charge in [-0.1, -0.05) is 34.1 Å². The summed E-state index contributed by atoms with van der Waals surface area (Å²) in [6.45, 7) is 6.67. The van der Waals surface area contributed by atoms with Crippen LogP contribution in [0.2, 0.25) is 0 Å². The zero-order valence-electron chi connectivity index (χ0n) is 14.2. The lowest BCUT2D eigenvalue weighted by Gasteiger charge is -2.35. The van der Waals surface area contributed by atoms with Crippen molar-refractivity contribution in [3.8, 4) is 0 Å². The molecule has 0 aliphatic carbocycles. The third-order valence-electron chi connectivity index (χ3n) is 3.58. The Morgan fingerprint density at radius 3 is 2.29 bits per heavy atom. The normalized spacial score (nSPS) is 16.9. The predicted octanol–water partition coefficient (Wildman–Crippen LogP) is 2.83. The van der Waals surface area contributed by atoms with Crippen molar-refractivity contribution in [1.82, 2.24) is 9.21 Å². The van der Waals surface area contributed by atoms with Gasteiger partial charge < -0.3 is 9.64 Å². The van der Waals surface area contributed by atoms with E-state index in [1.807, 2.05) is 39.0 Å². The van der Waals surface area contributed by atoms with E-state index in [9.17, 15) is 13.2 Å². The lowest BCUT2D eigenvalue weighted by molar-refractivity contribution is 0.0192. The predicted molar refractivity (Wildman–Crippen MR) is 96.1 cm³/mol. The molecule has 0 saturated carbocycles. The SMILES string of the molecule is CC(C)(C)OC(=O)N1CCN(S(=O)(=O)Cc2ccccc2Br)CC1. The molecular formula is C16H23BrN2O4S. The monoisotopic (exact) mass is 418 g/mol. The first-order chi connectivity index (χ1) is 11.1. The van der Waals surface area contributed by atoms with Crippen LogP contribution in [0.5, 0.6) is 0 Å². The third kappa shape index (κ3) is 5.19. The quantitative estimate of drug-likeness (QED) is 0.756. The average molecular weight is 419 g/mol. The van der Waals surface area contributed by atoms with Crippen LogP contribution in [-0.4, -0.2) is 55.5 Å². The summed E-state index contributed by atoms with van der Waals surface area (Å²) in [5, 5.41) is 0. The highest BCUT2D eigenvalue weighted by molar-refractivity contribution is 9.10. The molecular weight excluding hydrogens is 396 g/mol. The van der Waals surface area contributed by atoms with Gasteiger partial charge in [0.2, 0.25) is 10.0 Å². The van der Waals surface area contributed by atoms with Gasteiger partial charge in [0.15, 0.2) is 0 Å². The Hall–Kier alpha value is -1.12. The van der Waals surface area contributed by atoms with Crippen molar-refractivity contribution in [2.75, 3.05) is 26.2 Å². The van der Waals surface area contributed by atoms with E-state index >= 15 is 0 Å². The summed E-state index contributed by atoms with van der Waals surface area (Å²) in [6, 6.07) is 7.28. The van der Waals surface area contributed by atoms with Gasteiger partial charge in [0, 0.05) is 30.7 Å². The van der Waals surface area contributed by atoms with E-state index in [2.05, 4.69) is 15.9 Å². The summed E-state index contributed by atoms with van der Waals surface area (Å²) >= 11 is 3.38. The van der Waals surface area contributed by atoms with E-state index in [-0.39, 0.29) is 18.8 Å². The first-order valence-corrected chi connectivity index (χ1v) is 10.2. The van der Waals surface area contributed by atoms with Gasteiger partial charge in [0.05, 0.1) is 5.75 Å². The minimum Gasteiger partial charge on any atom is -0.444 e. The van der Waals surface area contributed by atoms with E-state index in [1.54, 1.807) is 11.0 Å². The summed E-state index contributed by atoms with van der Waals surface area (Å²) in [7, 11) is -3.42. The second kappa shape index (κ2) is 7.41. The molecule has 1 amide bonds. The molecule has 1 fully saturated rings. The van der Waals surface area contributed by atoms with Crippen LogP contribution in [0.4, 0.5) is 4.79 Å². The van der Waals surface area contributed by atoms with Gasteiger partial charge in [-0.05, 0) is 32.4 Å². The lowest BCUT2D eigenvalue weighted by atomic mass is 10.2. The molecule has 1 aliphatic rings. The van der Waals surface area contributed by atoms with Crippen molar-refractivity contribution in [3.05, 3.63) is 34.3 Å². The van der Waals surface area contributed by atoms with Gasteiger partial charge in [0.25, 0.3) is 0 Å². The first kappa shape index (κ1) is 19.2. The summed E-state index contributed by atoms with van der Waals surface area (Å²) in [5.74, 6) is -0.0547. The fourth-order valence-electron chi connectivity index (χ4n) is 2.38. The van der Waals surface area contributed by atoms with Gasteiger partial charge in [-0.15, -0.1) is 0 Å². The molecule has 0 N–H and O–H groups in total. The Morgan fingerprint density at radius 1 is 1.17 bits per heavy atom. The number of ether oxygens (including phenoxy) is 1. The number of sulfonamides is 1. The van der Waals surface area contributed by atoms with Gasteiger partial charge >= 0.3 is 6.09 Å². The number of hydrogen-bond acceptors (Lipinski definition) is 4. The number of carbonyl (C=O) groups is 1. The maximum Gasteiger partial charge on any atom is 0.410 e. The van der Waals surface area contributed by atoms with Crippen LogP contribution in [0.25, 0.3) is 0 Å². The second-order valence-corrected chi connectivity index (χ2v) is 9.54. The fraction of sp³-hybridized carbons (Fsp3) is 0.562. The number of rotatable bonds is 3. The molecule has 0 spiro atoms. The smallest absolute Gasteiger partial charge is 0.410 e. The molecule has 1 aromatic rings. The van der Waals surface area contributed by atoms with Crippen LogP contribution in [0.15, 0.2) is 28.7 Å². The highest BCUT2D eigenvalue weighted by atomic mass is 79.9. The lowest BCUT2D eigenvalue weighted by Crippen LogP contribution is -2.51. The fourth-order valence-corrected chi connectivity index (χ4v) is 4.54. The van der Waals surface area contributed by atoms with E-state index in [0.717, 1.165) is 10.0 Å². The van der Waals surface area contributed by atoms with Crippen molar-refractivity contribution in [3.63, 3.8) is 0 Å². The second-order valence-electron chi connectivity index (χ2n) is 6.71. The largest absolute Gasteiger partial charge is 0.444 e. The molecule has 0 atom stereocenters. The molecule has 2 rings (SSSR count). The summed E-state index contributed by atoms with van der Waals surface area (Å²) in [6.07, 6.45) is -0.398. The Bertz CT molecular complexity index is 692. The number of nitrogens with zero attached hydrogens (tertiary/aromatic N) is 2. The maximum absolute atomic E-state index is 12.6. The molecule has 1 aromatic carbocycles. The minimum absolute atomic E-state index is 0.0547. The molecule has 24 heavy (non-hydrogen) atoms. The molecule has 8 heteroatoms. The van der Waals surface area contributed by atoms with Crippen LogP contribution in [-0.2, 0) is 20.5 Å². The van der Waals surface area contributed by atoms with E-state index in [0.29, 0.717) is 13.1 Å². The highest BCUT2D eigenvalue weighted by Gasteiger charge is 2.31. The van der Waals surface area contributed by atoms with Crippen LogP contribution < -0.4 is 0 Å². The molecule has 0 radical (unpaired) electrons. The molecule has 1 aliphatic heterocycles. The van der Waals surface area contributed by atoms with Crippen molar-refractivity contribution in [1.29, 1.82) is 0 Å². The van der Waals surface area contributed by atoms with Crippen molar-refractivity contribution < 1.29 is 17.9 Å². The summed E-state index contributed by atoms with van der Waals surface area (Å²) < 4.78 is 32.7. The highest BCUT2D eigenvalue weighted by Crippen LogP contribution is 2.21. The van der Waals surface area contributed by atoms with Gasteiger partial charge in [-0.25, -0.2) is 13.2 Å².